The summed E-state index contributed by atoms with van der Waals surface area (Å²) in [5.41, 5.74) is 1.00. The second-order valence-corrected chi connectivity index (χ2v) is 8.19. The largest absolute Gasteiger partial charge is 0.292 e. The minimum absolute atomic E-state index is 0.00887. The summed E-state index contributed by atoms with van der Waals surface area (Å²) < 4.78 is 1.66. The Hall–Kier alpha value is -1.44. The maximum absolute atomic E-state index is 12.7. The van der Waals surface area contributed by atoms with Crippen molar-refractivity contribution in [2.24, 2.45) is 0 Å². The summed E-state index contributed by atoms with van der Waals surface area (Å²) in [5, 5.41) is 3.22. The van der Waals surface area contributed by atoms with Gasteiger partial charge in [-0.3, -0.25) is 14.2 Å². The molecule has 0 aliphatic heterocycles. The molecule has 3 aromatic heterocycles. The molecule has 0 aliphatic carbocycles. The molecule has 23 heavy (non-hydrogen) atoms. The molecule has 0 unspecified atom stereocenters. The molecule has 0 fully saturated rings. The van der Waals surface area contributed by atoms with Gasteiger partial charge < -0.3 is 0 Å². The summed E-state index contributed by atoms with van der Waals surface area (Å²) in [4.78, 5) is 32.1. The van der Waals surface area contributed by atoms with Crippen LogP contribution < -0.4 is 5.56 Å². The second-order valence-electron chi connectivity index (χ2n) is 5.10. The highest BCUT2D eigenvalue weighted by molar-refractivity contribution is 7.99. The van der Waals surface area contributed by atoms with Crippen molar-refractivity contribution >= 4 is 50.4 Å². The maximum Gasteiger partial charge on any atom is 0.263 e. The minimum Gasteiger partial charge on any atom is -0.292 e. The van der Waals surface area contributed by atoms with Crippen molar-refractivity contribution in [1.29, 1.82) is 0 Å². The Morgan fingerprint density at radius 3 is 2.83 bits per heavy atom. The fourth-order valence-corrected chi connectivity index (χ4v) is 5.11. The lowest BCUT2D eigenvalue weighted by atomic mass is 10.2. The van der Waals surface area contributed by atoms with Crippen molar-refractivity contribution in [3.8, 4) is 0 Å². The van der Waals surface area contributed by atoms with Gasteiger partial charge in [0.25, 0.3) is 5.56 Å². The average molecular weight is 365 g/mol. The van der Waals surface area contributed by atoms with Crippen LogP contribution in [-0.2, 0) is 6.54 Å². The predicted octanol–water partition coefficient (Wildman–Crippen LogP) is 4.13. The fraction of sp³-hybridized carbons (Fsp3) is 0.312. The van der Waals surface area contributed by atoms with Gasteiger partial charge in [-0.2, -0.15) is 0 Å². The third-order valence-electron chi connectivity index (χ3n) is 3.70. The number of rotatable bonds is 5. The lowest BCUT2D eigenvalue weighted by Gasteiger charge is -2.09. The van der Waals surface area contributed by atoms with E-state index in [0.717, 1.165) is 20.1 Å². The summed E-state index contributed by atoms with van der Waals surface area (Å²) in [6.07, 6.45) is 0. The van der Waals surface area contributed by atoms with Crippen molar-refractivity contribution in [2.75, 3.05) is 5.75 Å². The van der Waals surface area contributed by atoms with E-state index in [1.165, 1.54) is 34.4 Å². The lowest BCUT2D eigenvalue weighted by Crippen LogP contribution is -2.22. The summed E-state index contributed by atoms with van der Waals surface area (Å²) in [6.45, 7) is 6.44. The van der Waals surface area contributed by atoms with Crippen LogP contribution in [0.1, 0.15) is 27.0 Å². The van der Waals surface area contributed by atoms with E-state index in [1.807, 2.05) is 38.3 Å². The number of carbonyl (C=O) groups is 1. The smallest absolute Gasteiger partial charge is 0.263 e. The van der Waals surface area contributed by atoms with Crippen molar-refractivity contribution in [3.63, 3.8) is 0 Å². The lowest BCUT2D eigenvalue weighted by molar-refractivity contribution is 0.102. The van der Waals surface area contributed by atoms with Crippen molar-refractivity contribution in [2.45, 2.75) is 32.5 Å². The number of aromatic nitrogens is 2. The van der Waals surface area contributed by atoms with Crippen LogP contribution in [0.25, 0.3) is 10.2 Å². The van der Waals surface area contributed by atoms with Crippen molar-refractivity contribution in [1.82, 2.24) is 9.55 Å². The molecule has 0 aromatic carbocycles. The van der Waals surface area contributed by atoms with Gasteiger partial charge in [0.05, 0.1) is 16.0 Å². The highest BCUT2D eigenvalue weighted by atomic mass is 32.2. The molecule has 0 atom stereocenters. The molecule has 0 N–H and O–H groups in total. The topological polar surface area (TPSA) is 52.0 Å². The number of fused-ring (bicyclic) bond motifs is 1. The van der Waals surface area contributed by atoms with Crippen LogP contribution in [0.2, 0.25) is 0 Å². The molecule has 0 saturated carbocycles. The van der Waals surface area contributed by atoms with E-state index in [9.17, 15) is 9.59 Å². The first-order valence-electron chi connectivity index (χ1n) is 7.23. The Morgan fingerprint density at radius 1 is 1.39 bits per heavy atom. The number of thiophene rings is 2. The molecular formula is C16H16N2O2S3. The molecule has 3 aromatic rings. The third-order valence-corrected chi connectivity index (χ3v) is 6.69. The van der Waals surface area contributed by atoms with Crippen LogP contribution in [0, 0.1) is 13.8 Å². The summed E-state index contributed by atoms with van der Waals surface area (Å²) in [7, 11) is 0. The Kier molecular flexibility index (Phi) is 4.70. The van der Waals surface area contributed by atoms with E-state index in [0.29, 0.717) is 22.8 Å². The number of Topliss-reactive ketones (excluding diaryl/α,β-unsaturated/α-hetero) is 1. The molecule has 0 radical (unpaired) electrons. The molecule has 120 valence electrons. The first-order chi connectivity index (χ1) is 11.0. The highest BCUT2D eigenvalue weighted by Gasteiger charge is 2.17. The van der Waals surface area contributed by atoms with Gasteiger partial charge >= 0.3 is 0 Å². The van der Waals surface area contributed by atoms with E-state index >= 15 is 0 Å². The molecule has 3 rings (SSSR count). The normalized spacial score (nSPS) is 11.3. The number of ketones is 1. The van der Waals surface area contributed by atoms with E-state index < -0.39 is 0 Å². The zero-order valence-electron chi connectivity index (χ0n) is 13.1. The van der Waals surface area contributed by atoms with Gasteiger partial charge in [0.2, 0.25) is 0 Å². The molecule has 0 aliphatic rings. The number of nitrogens with zero attached hydrogens (tertiary/aromatic N) is 2. The van der Waals surface area contributed by atoms with Gasteiger partial charge in [-0.15, -0.1) is 22.7 Å². The van der Waals surface area contributed by atoms with Crippen LogP contribution in [0.4, 0.5) is 0 Å². The third kappa shape index (κ3) is 3.00. The molecule has 7 heteroatoms. The molecule has 0 spiro atoms. The molecule has 4 nitrogen and oxygen atoms in total. The number of hydrogen-bond donors (Lipinski definition) is 0. The predicted molar refractivity (Wildman–Crippen MR) is 98.4 cm³/mol. The monoisotopic (exact) mass is 364 g/mol. The Morgan fingerprint density at radius 2 is 2.17 bits per heavy atom. The summed E-state index contributed by atoms with van der Waals surface area (Å²) in [6, 6.07) is 3.69. The van der Waals surface area contributed by atoms with Crippen LogP contribution in [0.3, 0.4) is 0 Å². The molecular weight excluding hydrogens is 348 g/mol. The standard InChI is InChI=1S/C16H16N2O2S3/c1-4-18-15(20)13-9(2)10(3)23-14(13)17-16(18)22-8-11(19)12-6-5-7-21-12/h5-7H,4,8H2,1-3H3. The van der Waals surface area contributed by atoms with Gasteiger partial charge in [0.1, 0.15) is 4.83 Å². The summed E-state index contributed by atoms with van der Waals surface area (Å²) >= 11 is 4.31. The fourth-order valence-electron chi connectivity index (χ4n) is 2.34. The van der Waals surface area contributed by atoms with Gasteiger partial charge in [0, 0.05) is 11.4 Å². The second kappa shape index (κ2) is 6.59. The van der Waals surface area contributed by atoms with E-state index in [2.05, 4.69) is 4.98 Å². The Labute approximate surface area is 146 Å². The van der Waals surface area contributed by atoms with Crippen molar-refractivity contribution in [3.05, 3.63) is 43.2 Å². The number of thioether (sulfide) groups is 1. The zero-order chi connectivity index (χ0) is 16.6. The first-order valence-corrected chi connectivity index (χ1v) is 9.91. The van der Waals surface area contributed by atoms with Crippen LogP contribution in [0.5, 0.6) is 0 Å². The zero-order valence-corrected chi connectivity index (χ0v) is 15.5. The van der Waals surface area contributed by atoms with E-state index in [1.54, 1.807) is 4.57 Å². The first kappa shape index (κ1) is 16.4. The Bertz CT molecular complexity index is 923. The van der Waals surface area contributed by atoms with Gasteiger partial charge in [0.15, 0.2) is 10.9 Å². The number of hydrogen-bond acceptors (Lipinski definition) is 6. The minimum atomic E-state index is -0.00887. The van der Waals surface area contributed by atoms with E-state index in [4.69, 9.17) is 0 Å². The van der Waals surface area contributed by atoms with Crippen LogP contribution in [0.15, 0.2) is 27.5 Å². The molecule has 0 amide bonds. The van der Waals surface area contributed by atoms with E-state index in [-0.39, 0.29) is 11.3 Å². The van der Waals surface area contributed by atoms with Gasteiger partial charge in [-0.25, -0.2) is 4.98 Å². The van der Waals surface area contributed by atoms with Crippen molar-refractivity contribution < 1.29 is 4.79 Å². The molecule has 0 bridgehead atoms. The van der Waals surface area contributed by atoms with Gasteiger partial charge in [-0.1, -0.05) is 17.8 Å². The maximum atomic E-state index is 12.7. The van der Waals surface area contributed by atoms with Crippen LogP contribution >= 0.6 is 34.4 Å². The Balaban J connectivity index is 1.97. The number of carbonyl (C=O) groups excluding carboxylic acids is 1. The molecule has 0 saturated heterocycles. The van der Waals surface area contributed by atoms with Gasteiger partial charge in [-0.05, 0) is 37.8 Å². The number of aryl methyl sites for hydroxylation is 2. The summed E-state index contributed by atoms with van der Waals surface area (Å²) in [5.74, 6) is 0.363. The van der Waals surface area contributed by atoms with Crippen LogP contribution in [-0.4, -0.2) is 21.1 Å². The molecule has 3 heterocycles. The quantitative estimate of drug-likeness (QED) is 0.388. The average Bonchev–Trinajstić information content (AvgIpc) is 3.14. The highest BCUT2D eigenvalue weighted by Crippen LogP contribution is 2.28. The SMILES string of the molecule is CCn1c(SCC(=O)c2cccs2)nc2sc(C)c(C)c2c1=O.